The van der Waals surface area contributed by atoms with E-state index in [0.717, 1.165) is 18.7 Å². The summed E-state index contributed by atoms with van der Waals surface area (Å²) >= 11 is 0. The molecular weight excluding hydrogens is 450 g/mol. The van der Waals surface area contributed by atoms with Crippen molar-refractivity contribution in [2.45, 2.75) is 50.5 Å². The number of piperidine rings is 1. The summed E-state index contributed by atoms with van der Waals surface area (Å²) < 4.78 is 31.5. The van der Waals surface area contributed by atoms with Crippen molar-refractivity contribution in [3.05, 3.63) is 53.6 Å². The molecule has 0 aliphatic carbocycles. The van der Waals surface area contributed by atoms with Gasteiger partial charge in [-0.25, -0.2) is 12.7 Å². The number of hydrogen-bond donors (Lipinski definition) is 1. The van der Waals surface area contributed by atoms with Crippen molar-refractivity contribution in [1.29, 1.82) is 0 Å². The first-order valence-corrected chi connectivity index (χ1v) is 13.3. The van der Waals surface area contributed by atoms with Gasteiger partial charge in [-0.2, -0.15) is 0 Å². The van der Waals surface area contributed by atoms with E-state index in [1.165, 1.54) is 50.1 Å². The van der Waals surface area contributed by atoms with Crippen molar-refractivity contribution in [1.82, 2.24) is 9.62 Å². The highest BCUT2D eigenvalue weighted by Crippen LogP contribution is 2.26. The number of sulfonamides is 1. The maximum absolute atomic E-state index is 12.7. The lowest BCUT2D eigenvalue weighted by Crippen LogP contribution is -2.34. The van der Waals surface area contributed by atoms with E-state index in [1.807, 2.05) is 6.92 Å². The zero-order valence-electron chi connectivity index (χ0n) is 20.9. The van der Waals surface area contributed by atoms with Gasteiger partial charge in [0.05, 0.1) is 18.0 Å². The highest BCUT2D eigenvalue weighted by atomic mass is 32.2. The molecule has 7 nitrogen and oxygen atoms in total. The number of hydrogen-bond acceptors (Lipinski definition) is 5. The van der Waals surface area contributed by atoms with Crippen LogP contribution in [0.15, 0.2) is 47.4 Å². The Hall–Kier alpha value is -2.58. The lowest BCUT2D eigenvalue weighted by Gasteiger charge is -2.33. The van der Waals surface area contributed by atoms with Crippen LogP contribution in [0.1, 0.15) is 50.3 Å². The molecule has 1 heterocycles. The van der Waals surface area contributed by atoms with Crippen LogP contribution in [0.4, 0.5) is 5.69 Å². The molecule has 1 aliphatic heterocycles. The third-order valence-corrected chi connectivity index (χ3v) is 8.26. The zero-order valence-corrected chi connectivity index (χ0v) is 21.7. The highest BCUT2D eigenvalue weighted by molar-refractivity contribution is 7.89. The van der Waals surface area contributed by atoms with Crippen LogP contribution in [0.5, 0.6) is 5.75 Å². The van der Waals surface area contributed by atoms with Crippen LogP contribution in [0.2, 0.25) is 0 Å². The molecule has 1 saturated heterocycles. The summed E-state index contributed by atoms with van der Waals surface area (Å²) in [5.41, 5.74) is 2.97. The third kappa shape index (κ3) is 6.30. The summed E-state index contributed by atoms with van der Waals surface area (Å²) in [6.45, 7) is 6.45. The Bertz CT molecular complexity index is 1080. The van der Waals surface area contributed by atoms with Crippen LogP contribution in [0, 0.1) is 5.92 Å². The van der Waals surface area contributed by atoms with Gasteiger partial charge in [0, 0.05) is 39.3 Å². The van der Waals surface area contributed by atoms with E-state index in [9.17, 15) is 13.2 Å². The summed E-state index contributed by atoms with van der Waals surface area (Å²) in [5, 5.41) is 3.05. The van der Waals surface area contributed by atoms with Crippen LogP contribution >= 0.6 is 0 Å². The summed E-state index contributed by atoms with van der Waals surface area (Å²) in [7, 11) is 0.965. The maximum atomic E-state index is 12.7. The monoisotopic (exact) mass is 487 g/mol. The zero-order chi connectivity index (χ0) is 24.9. The molecule has 0 bridgehead atoms. The summed E-state index contributed by atoms with van der Waals surface area (Å²) in [6.07, 6.45) is 3.13. The van der Waals surface area contributed by atoms with Gasteiger partial charge in [0.15, 0.2) is 0 Å². The van der Waals surface area contributed by atoms with Crippen molar-refractivity contribution >= 4 is 21.6 Å². The van der Waals surface area contributed by atoms with Crippen molar-refractivity contribution in [3.63, 3.8) is 0 Å². The van der Waals surface area contributed by atoms with E-state index in [0.29, 0.717) is 23.7 Å². The molecule has 2 aromatic carbocycles. The van der Waals surface area contributed by atoms with E-state index >= 15 is 0 Å². The molecule has 1 aliphatic rings. The van der Waals surface area contributed by atoms with Crippen LogP contribution < -0.4 is 15.0 Å². The minimum absolute atomic E-state index is 0.0932. The topological polar surface area (TPSA) is 79.0 Å². The van der Waals surface area contributed by atoms with Gasteiger partial charge < -0.3 is 15.0 Å². The fraction of sp³-hybridized carbons (Fsp3) is 0.500. The number of nitrogens with one attached hydrogen (secondary N) is 1. The molecular formula is C26H37N3O4S. The second-order valence-corrected chi connectivity index (χ2v) is 11.5. The minimum atomic E-state index is -3.56. The summed E-state index contributed by atoms with van der Waals surface area (Å²) in [5.74, 6) is 1.19. The van der Waals surface area contributed by atoms with Crippen molar-refractivity contribution in [3.8, 4) is 5.75 Å². The van der Waals surface area contributed by atoms with Gasteiger partial charge in [-0.1, -0.05) is 19.1 Å². The normalized spacial score (nSPS) is 17.5. The van der Waals surface area contributed by atoms with Crippen molar-refractivity contribution < 1.29 is 17.9 Å². The molecule has 1 amide bonds. The second-order valence-electron chi connectivity index (χ2n) is 9.34. The van der Waals surface area contributed by atoms with Crippen molar-refractivity contribution in [2.24, 2.45) is 5.92 Å². The lowest BCUT2D eigenvalue weighted by molar-refractivity contribution is -0.121. The number of rotatable bonds is 9. The van der Waals surface area contributed by atoms with Gasteiger partial charge in [0.25, 0.3) is 0 Å². The Balaban J connectivity index is 1.60. The average molecular weight is 488 g/mol. The van der Waals surface area contributed by atoms with E-state index in [-0.39, 0.29) is 23.3 Å². The summed E-state index contributed by atoms with van der Waals surface area (Å²) in [4.78, 5) is 15.3. The molecule has 2 atom stereocenters. The van der Waals surface area contributed by atoms with E-state index in [1.54, 1.807) is 12.1 Å². The van der Waals surface area contributed by atoms with Crippen LogP contribution in [0.25, 0.3) is 0 Å². The van der Waals surface area contributed by atoms with Gasteiger partial charge in [-0.05, 0) is 73.6 Å². The number of ether oxygens (including phenoxy) is 1. The standard InChI is InChI=1S/C26H37N3O4S/c1-19-7-6-16-29(18-19)23-11-8-21(9-12-23)20(2)27-26(30)15-10-22-17-24(13-14-25(22)33-5)34(31,32)28(3)4/h8-9,11-14,17,19-20H,6-7,10,15-16,18H2,1-5H3,(H,27,30)/t19-,20-/m1/s1. The molecule has 8 heteroatoms. The molecule has 186 valence electrons. The molecule has 1 N–H and O–H groups in total. The molecule has 2 aromatic rings. The second kappa shape index (κ2) is 11.2. The third-order valence-electron chi connectivity index (χ3n) is 6.44. The number of benzene rings is 2. The number of anilines is 1. The fourth-order valence-electron chi connectivity index (χ4n) is 4.36. The molecule has 0 spiro atoms. The molecule has 0 saturated carbocycles. The van der Waals surface area contributed by atoms with E-state index < -0.39 is 10.0 Å². The summed E-state index contributed by atoms with van der Waals surface area (Å²) in [6, 6.07) is 13.1. The first kappa shape index (κ1) is 26.0. The fourth-order valence-corrected chi connectivity index (χ4v) is 5.32. The predicted molar refractivity (Wildman–Crippen MR) is 136 cm³/mol. The lowest BCUT2D eigenvalue weighted by atomic mass is 9.99. The van der Waals surface area contributed by atoms with Crippen LogP contribution in [0.3, 0.4) is 0 Å². The number of amides is 1. The highest BCUT2D eigenvalue weighted by Gasteiger charge is 2.20. The Morgan fingerprint density at radius 3 is 2.53 bits per heavy atom. The number of aryl methyl sites for hydroxylation is 1. The smallest absolute Gasteiger partial charge is 0.242 e. The number of nitrogens with zero attached hydrogens (tertiary/aromatic N) is 2. The maximum Gasteiger partial charge on any atom is 0.242 e. The molecule has 0 aromatic heterocycles. The largest absolute Gasteiger partial charge is 0.496 e. The SMILES string of the molecule is COc1ccc(S(=O)(=O)N(C)C)cc1CCC(=O)N[C@H](C)c1ccc(N2CCC[C@@H](C)C2)cc1. The van der Waals surface area contributed by atoms with Gasteiger partial charge >= 0.3 is 0 Å². The quantitative estimate of drug-likeness (QED) is 0.579. The Kier molecular flexibility index (Phi) is 8.60. The molecule has 34 heavy (non-hydrogen) atoms. The van der Waals surface area contributed by atoms with Crippen LogP contribution in [-0.4, -0.2) is 52.9 Å². The Morgan fingerprint density at radius 1 is 1.21 bits per heavy atom. The molecule has 1 fully saturated rings. The van der Waals surface area contributed by atoms with Gasteiger partial charge in [-0.3, -0.25) is 4.79 Å². The van der Waals surface area contributed by atoms with E-state index in [2.05, 4.69) is 41.4 Å². The molecule has 3 rings (SSSR count). The first-order chi connectivity index (χ1) is 16.1. The number of methoxy groups -OCH3 is 1. The molecule has 0 unspecified atom stereocenters. The van der Waals surface area contributed by atoms with Gasteiger partial charge in [0.1, 0.15) is 5.75 Å². The van der Waals surface area contributed by atoms with Gasteiger partial charge in [0.2, 0.25) is 15.9 Å². The average Bonchev–Trinajstić information content (AvgIpc) is 2.82. The minimum Gasteiger partial charge on any atom is -0.496 e. The number of carbonyl (C=O) groups is 1. The Labute approximate surface area is 204 Å². The van der Waals surface area contributed by atoms with Gasteiger partial charge in [-0.15, -0.1) is 0 Å². The van der Waals surface area contributed by atoms with Crippen LogP contribution in [-0.2, 0) is 21.2 Å². The van der Waals surface area contributed by atoms with Crippen molar-refractivity contribution in [2.75, 3.05) is 39.2 Å². The predicted octanol–water partition coefficient (Wildman–Crippen LogP) is 3.99. The first-order valence-electron chi connectivity index (χ1n) is 11.9. The Morgan fingerprint density at radius 2 is 1.91 bits per heavy atom. The van der Waals surface area contributed by atoms with E-state index in [4.69, 9.17) is 4.74 Å². The molecule has 0 radical (unpaired) electrons. The number of carbonyl (C=O) groups excluding carboxylic acids is 1.